The minimum atomic E-state index is -0.233. The summed E-state index contributed by atoms with van der Waals surface area (Å²) in [5, 5.41) is 5.20. The Bertz CT molecular complexity index is 795. The third-order valence-corrected chi connectivity index (χ3v) is 6.94. The monoisotopic (exact) mass is 499 g/mol. The molecule has 0 bridgehead atoms. The number of hydrogen-bond acceptors (Lipinski definition) is 5. The topological polar surface area (TPSA) is 61.4 Å². The van der Waals surface area contributed by atoms with Crippen LogP contribution in [0.4, 0.5) is 5.82 Å². The van der Waals surface area contributed by atoms with Crippen molar-refractivity contribution in [2.24, 2.45) is 0 Å². The summed E-state index contributed by atoms with van der Waals surface area (Å²) in [6.07, 6.45) is 3.62. The van der Waals surface area contributed by atoms with Crippen LogP contribution in [-0.2, 0) is 4.79 Å². The second kappa shape index (κ2) is 9.32. The molecule has 1 saturated heterocycles. The third kappa shape index (κ3) is 4.99. The average Bonchev–Trinajstić information content (AvgIpc) is 2.67. The second-order valence-electron chi connectivity index (χ2n) is 7.06. The molecule has 0 saturated carbocycles. The number of benzene rings is 1. The molecule has 1 amide bonds. The van der Waals surface area contributed by atoms with Crippen molar-refractivity contribution < 1.29 is 4.79 Å². The van der Waals surface area contributed by atoms with E-state index in [4.69, 9.17) is 0 Å². The minimum absolute atomic E-state index is 0.192. The van der Waals surface area contributed by atoms with Crippen LogP contribution >= 0.6 is 15.9 Å². The Hall–Kier alpha value is -1.21. The van der Waals surface area contributed by atoms with E-state index in [1.807, 2.05) is 23.1 Å². The van der Waals surface area contributed by atoms with Gasteiger partial charge < -0.3 is 0 Å². The normalized spacial score (nSPS) is 16.7. The molecule has 1 N–H and O–H groups in total. The van der Waals surface area contributed by atoms with Crippen molar-refractivity contribution in [1.82, 2.24) is 19.8 Å². The van der Waals surface area contributed by atoms with E-state index in [1.54, 1.807) is 6.33 Å². The van der Waals surface area contributed by atoms with Gasteiger partial charge >= 0.3 is 176 Å². The van der Waals surface area contributed by atoms with Crippen molar-refractivity contribution >= 4 is 53.5 Å². The SMILES string of the molecule is C[Se]CC(Nc1ncnc2ccc(Br)cc12)C(=O)N1CCC(N(C)C)CC1. The number of fused-ring (bicyclic) bond motifs is 1. The van der Waals surface area contributed by atoms with Crippen molar-refractivity contribution in [1.29, 1.82) is 0 Å². The summed E-state index contributed by atoms with van der Waals surface area (Å²) in [6, 6.07) is 6.26. The number of anilines is 1. The van der Waals surface area contributed by atoms with Gasteiger partial charge in [-0.1, -0.05) is 0 Å². The quantitative estimate of drug-likeness (QED) is 0.620. The Morgan fingerprint density at radius 3 is 2.78 bits per heavy atom. The van der Waals surface area contributed by atoms with Crippen LogP contribution in [0.3, 0.4) is 0 Å². The van der Waals surface area contributed by atoms with E-state index in [9.17, 15) is 4.79 Å². The van der Waals surface area contributed by atoms with E-state index in [1.165, 1.54) is 0 Å². The van der Waals surface area contributed by atoms with Crippen LogP contribution in [0.2, 0.25) is 11.1 Å². The Morgan fingerprint density at radius 1 is 1.37 bits per heavy atom. The van der Waals surface area contributed by atoms with E-state index in [-0.39, 0.29) is 11.9 Å². The van der Waals surface area contributed by atoms with Crippen molar-refractivity contribution in [3.8, 4) is 0 Å². The fourth-order valence-electron chi connectivity index (χ4n) is 3.47. The second-order valence-corrected chi connectivity index (χ2v) is 9.88. The van der Waals surface area contributed by atoms with E-state index in [0.717, 1.165) is 52.4 Å². The maximum absolute atomic E-state index is 13.2. The molecule has 1 atom stereocenters. The molecule has 0 radical (unpaired) electrons. The summed E-state index contributed by atoms with van der Waals surface area (Å²) in [7, 11) is 4.23. The average molecular weight is 499 g/mol. The molecule has 1 unspecified atom stereocenters. The van der Waals surface area contributed by atoms with Gasteiger partial charge in [0.05, 0.1) is 0 Å². The Kier molecular flexibility index (Phi) is 7.09. The molecule has 0 spiro atoms. The van der Waals surface area contributed by atoms with Gasteiger partial charge in [-0.05, 0) is 0 Å². The zero-order valence-corrected chi connectivity index (χ0v) is 19.3. The number of carbonyl (C=O) groups is 1. The fraction of sp³-hybridized carbons (Fsp3) is 0.526. The summed E-state index contributed by atoms with van der Waals surface area (Å²) < 4.78 is 0.973. The standard InChI is InChI=1S/C19H26BrN5OSe/c1-24(2)14-6-8-25(9-7-14)19(26)17(11-27-3)23-18-15-10-13(20)4-5-16(15)21-12-22-18/h4-5,10,12,14,17H,6-9,11H2,1-3H3,(H,21,22,23). The molecule has 1 aliphatic rings. The van der Waals surface area contributed by atoms with Crippen LogP contribution in [0, 0.1) is 0 Å². The number of nitrogens with one attached hydrogen (secondary N) is 1. The number of aromatic nitrogens is 2. The molecule has 8 heteroatoms. The van der Waals surface area contributed by atoms with E-state index < -0.39 is 0 Å². The molecule has 146 valence electrons. The van der Waals surface area contributed by atoms with Crippen molar-refractivity contribution in [2.75, 3.05) is 32.5 Å². The first-order chi connectivity index (χ1) is 13.0. The van der Waals surface area contributed by atoms with E-state index in [0.29, 0.717) is 21.0 Å². The number of hydrogen-bond donors (Lipinski definition) is 1. The van der Waals surface area contributed by atoms with Gasteiger partial charge in [0.15, 0.2) is 0 Å². The molecule has 3 rings (SSSR count). The predicted molar refractivity (Wildman–Crippen MR) is 114 cm³/mol. The van der Waals surface area contributed by atoms with Gasteiger partial charge in [0.25, 0.3) is 0 Å². The molecule has 1 fully saturated rings. The van der Waals surface area contributed by atoms with Gasteiger partial charge in [0, 0.05) is 0 Å². The van der Waals surface area contributed by atoms with Gasteiger partial charge in [0.2, 0.25) is 0 Å². The van der Waals surface area contributed by atoms with Gasteiger partial charge in [-0.25, -0.2) is 0 Å². The van der Waals surface area contributed by atoms with E-state index in [2.05, 4.69) is 56.0 Å². The first-order valence-electron chi connectivity index (χ1n) is 9.10. The third-order valence-electron chi connectivity index (χ3n) is 5.05. The Balaban J connectivity index is 1.76. The first kappa shape index (κ1) is 20.5. The number of carbonyl (C=O) groups excluding carboxylic acids is 1. The number of piperidine rings is 1. The molecule has 2 heterocycles. The molecular weight excluding hydrogens is 473 g/mol. The Morgan fingerprint density at radius 2 is 2.11 bits per heavy atom. The van der Waals surface area contributed by atoms with Crippen LogP contribution in [0.1, 0.15) is 12.8 Å². The van der Waals surface area contributed by atoms with Gasteiger partial charge in [-0.3, -0.25) is 0 Å². The zero-order valence-electron chi connectivity index (χ0n) is 16.0. The molecule has 27 heavy (non-hydrogen) atoms. The summed E-state index contributed by atoms with van der Waals surface area (Å²) in [4.78, 5) is 26.2. The van der Waals surface area contributed by atoms with Gasteiger partial charge in [0.1, 0.15) is 0 Å². The number of amides is 1. The maximum atomic E-state index is 13.2. The van der Waals surface area contributed by atoms with Crippen molar-refractivity contribution in [3.05, 3.63) is 29.0 Å². The molecule has 1 aromatic heterocycles. The fourth-order valence-corrected chi connectivity index (χ4v) is 5.01. The van der Waals surface area contributed by atoms with Gasteiger partial charge in [-0.2, -0.15) is 0 Å². The van der Waals surface area contributed by atoms with Gasteiger partial charge in [-0.15, -0.1) is 0 Å². The van der Waals surface area contributed by atoms with Crippen LogP contribution in [0.25, 0.3) is 10.9 Å². The molecule has 1 aromatic carbocycles. The molecule has 2 aromatic rings. The predicted octanol–water partition coefficient (Wildman–Crippen LogP) is 2.90. The number of rotatable bonds is 6. The zero-order chi connectivity index (χ0) is 19.4. The van der Waals surface area contributed by atoms with Crippen LogP contribution in [0.5, 0.6) is 0 Å². The summed E-state index contributed by atoms with van der Waals surface area (Å²) in [5.41, 5.74) is 0.871. The first-order valence-corrected chi connectivity index (χ1v) is 12.8. The summed E-state index contributed by atoms with van der Waals surface area (Å²) in [6.45, 7) is 1.65. The van der Waals surface area contributed by atoms with Crippen molar-refractivity contribution in [3.63, 3.8) is 0 Å². The summed E-state index contributed by atoms with van der Waals surface area (Å²) >= 11 is 3.90. The molecular formula is C19H26BrN5OSe. The van der Waals surface area contributed by atoms with Crippen LogP contribution < -0.4 is 5.32 Å². The molecule has 6 nitrogen and oxygen atoms in total. The molecule has 1 aliphatic heterocycles. The van der Waals surface area contributed by atoms with Crippen LogP contribution in [0.15, 0.2) is 29.0 Å². The van der Waals surface area contributed by atoms with Crippen LogP contribution in [-0.4, -0.2) is 79.9 Å². The summed E-state index contributed by atoms with van der Waals surface area (Å²) in [5.74, 6) is 3.09. The number of halogens is 1. The molecule has 0 aliphatic carbocycles. The number of nitrogens with zero attached hydrogens (tertiary/aromatic N) is 4. The Labute approximate surface area is 175 Å². The number of likely N-dealkylation sites (tertiary alicyclic amines) is 1. The van der Waals surface area contributed by atoms with Crippen molar-refractivity contribution in [2.45, 2.75) is 36.1 Å². The van der Waals surface area contributed by atoms with E-state index >= 15 is 0 Å².